The predicted molar refractivity (Wildman–Crippen MR) is 58.8 cm³/mol. The molecule has 1 rings (SSSR count). The topological polar surface area (TPSA) is 118 Å². The molecule has 0 aliphatic heterocycles. The van der Waals surface area contributed by atoms with E-state index in [9.17, 15) is 9.59 Å². The number of hydrogen-bond acceptors (Lipinski definition) is 5. The van der Waals surface area contributed by atoms with E-state index in [1.165, 1.54) is 0 Å². The number of primary amides is 1. The fraction of sp³-hybridized carbons (Fsp3) is 0.400. The van der Waals surface area contributed by atoms with Gasteiger partial charge in [0.2, 0.25) is 5.91 Å². The van der Waals surface area contributed by atoms with Crippen molar-refractivity contribution in [1.29, 1.82) is 0 Å². The Bertz CT molecular complexity index is 405. The summed E-state index contributed by atoms with van der Waals surface area (Å²) in [5, 5.41) is 11.5. The Kier molecular flexibility index (Phi) is 4.53. The van der Waals surface area contributed by atoms with Crippen molar-refractivity contribution in [3.8, 4) is 0 Å². The maximum absolute atomic E-state index is 10.8. The minimum atomic E-state index is -1.11. The molecule has 0 saturated carbocycles. The molecule has 0 spiro atoms. The van der Waals surface area contributed by atoms with Gasteiger partial charge in [-0.1, -0.05) is 0 Å². The van der Waals surface area contributed by atoms with Crippen LogP contribution in [0.1, 0.15) is 17.8 Å². The van der Waals surface area contributed by atoms with Gasteiger partial charge in [0.25, 0.3) is 0 Å². The lowest BCUT2D eigenvalue weighted by Crippen LogP contribution is -2.39. The summed E-state index contributed by atoms with van der Waals surface area (Å²) in [6, 6.07) is -0.992. The SMILES string of the molecule is Cc1ncc(CN[C@H](CC(N)=O)C(=O)O)cn1. The number of carboxylic acid groups (broad SMARTS) is 1. The van der Waals surface area contributed by atoms with Gasteiger partial charge < -0.3 is 10.8 Å². The van der Waals surface area contributed by atoms with E-state index in [0.717, 1.165) is 5.56 Å². The molecule has 4 N–H and O–H groups in total. The molecule has 0 unspecified atom stereocenters. The van der Waals surface area contributed by atoms with E-state index in [2.05, 4.69) is 15.3 Å². The van der Waals surface area contributed by atoms with Crippen molar-refractivity contribution in [3.05, 3.63) is 23.8 Å². The fourth-order valence-corrected chi connectivity index (χ4v) is 1.20. The summed E-state index contributed by atoms with van der Waals surface area (Å²) in [6.45, 7) is 2.02. The molecule has 0 saturated heterocycles. The van der Waals surface area contributed by atoms with E-state index < -0.39 is 17.9 Å². The Morgan fingerprint density at radius 2 is 2.06 bits per heavy atom. The van der Waals surface area contributed by atoms with E-state index in [4.69, 9.17) is 10.8 Å². The largest absolute Gasteiger partial charge is 0.480 e. The third-order valence-corrected chi connectivity index (χ3v) is 2.09. The fourth-order valence-electron chi connectivity index (χ4n) is 1.20. The highest BCUT2D eigenvalue weighted by Gasteiger charge is 2.18. The number of nitrogens with two attached hydrogens (primary N) is 1. The lowest BCUT2D eigenvalue weighted by atomic mass is 10.2. The number of aromatic nitrogens is 2. The predicted octanol–water partition coefficient (Wildman–Crippen LogP) is -0.797. The van der Waals surface area contributed by atoms with E-state index in [0.29, 0.717) is 5.82 Å². The molecular weight excluding hydrogens is 224 g/mol. The van der Waals surface area contributed by atoms with Crippen molar-refractivity contribution in [3.63, 3.8) is 0 Å². The minimum Gasteiger partial charge on any atom is -0.480 e. The number of nitrogens with zero attached hydrogens (tertiary/aromatic N) is 2. The zero-order valence-electron chi connectivity index (χ0n) is 9.38. The van der Waals surface area contributed by atoms with Gasteiger partial charge in [-0.15, -0.1) is 0 Å². The number of carboxylic acids is 1. The second kappa shape index (κ2) is 5.90. The quantitative estimate of drug-likeness (QED) is 0.597. The maximum atomic E-state index is 10.8. The van der Waals surface area contributed by atoms with Gasteiger partial charge in [0.1, 0.15) is 11.9 Å². The number of amides is 1. The highest BCUT2D eigenvalue weighted by molar-refractivity contribution is 5.83. The summed E-state index contributed by atoms with van der Waals surface area (Å²) in [6.07, 6.45) is 2.94. The number of carbonyl (C=O) groups excluding carboxylic acids is 1. The Balaban J connectivity index is 2.54. The lowest BCUT2D eigenvalue weighted by Gasteiger charge is -2.12. The summed E-state index contributed by atoms with van der Waals surface area (Å²) >= 11 is 0. The number of aliphatic carboxylic acids is 1. The van der Waals surface area contributed by atoms with Crippen LogP contribution in [0.4, 0.5) is 0 Å². The molecule has 0 bridgehead atoms. The van der Waals surface area contributed by atoms with Gasteiger partial charge in [-0.2, -0.15) is 0 Å². The Morgan fingerprint density at radius 1 is 1.47 bits per heavy atom. The first-order chi connectivity index (χ1) is 7.99. The number of aryl methyl sites for hydroxylation is 1. The normalized spacial score (nSPS) is 12.1. The number of carbonyl (C=O) groups is 2. The average Bonchev–Trinajstić information content (AvgIpc) is 2.25. The summed E-state index contributed by atoms with van der Waals surface area (Å²) in [5.41, 5.74) is 5.69. The van der Waals surface area contributed by atoms with Gasteiger partial charge in [0.15, 0.2) is 0 Å². The van der Waals surface area contributed by atoms with Crippen molar-refractivity contribution in [2.75, 3.05) is 0 Å². The molecular formula is C10H14N4O3. The number of nitrogens with one attached hydrogen (secondary N) is 1. The highest BCUT2D eigenvalue weighted by atomic mass is 16.4. The first kappa shape index (κ1) is 13.0. The monoisotopic (exact) mass is 238 g/mol. The Morgan fingerprint density at radius 3 is 2.53 bits per heavy atom. The van der Waals surface area contributed by atoms with Crippen molar-refractivity contribution in [2.45, 2.75) is 25.9 Å². The Labute approximate surface area is 98.1 Å². The van der Waals surface area contributed by atoms with Crippen LogP contribution in [0, 0.1) is 6.92 Å². The molecule has 1 aromatic rings. The Hall–Kier alpha value is -2.02. The van der Waals surface area contributed by atoms with Gasteiger partial charge in [-0.25, -0.2) is 9.97 Å². The highest BCUT2D eigenvalue weighted by Crippen LogP contribution is 1.98. The molecule has 0 aliphatic rings. The molecule has 92 valence electrons. The second-order valence-corrected chi connectivity index (χ2v) is 3.58. The van der Waals surface area contributed by atoms with Crippen LogP contribution in [-0.4, -0.2) is 33.0 Å². The van der Waals surface area contributed by atoms with Crippen LogP contribution in [0.25, 0.3) is 0 Å². The molecule has 0 fully saturated rings. The van der Waals surface area contributed by atoms with Crippen LogP contribution < -0.4 is 11.1 Å². The van der Waals surface area contributed by atoms with Crippen LogP contribution in [0.3, 0.4) is 0 Å². The van der Waals surface area contributed by atoms with Crippen molar-refractivity contribution in [1.82, 2.24) is 15.3 Å². The summed E-state index contributed by atoms with van der Waals surface area (Å²) < 4.78 is 0. The van der Waals surface area contributed by atoms with Crippen LogP contribution in [0.5, 0.6) is 0 Å². The van der Waals surface area contributed by atoms with Gasteiger partial charge in [0.05, 0.1) is 6.42 Å². The van der Waals surface area contributed by atoms with E-state index >= 15 is 0 Å². The van der Waals surface area contributed by atoms with E-state index in [1.54, 1.807) is 19.3 Å². The molecule has 7 heteroatoms. The molecule has 1 atom stereocenters. The molecule has 7 nitrogen and oxygen atoms in total. The minimum absolute atomic E-state index is 0.248. The van der Waals surface area contributed by atoms with Gasteiger partial charge >= 0.3 is 5.97 Å². The van der Waals surface area contributed by atoms with Gasteiger partial charge in [0, 0.05) is 24.5 Å². The smallest absolute Gasteiger partial charge is 0.321 e. The molecule has 1 aromatic heterocycles. The molecule has 0 radical (unpaired) electrons. The standard InChI is InChI=1S/C10H14N4O3/c1-6-12-3-7(4-13-6)5-14-8(10(16)17)2-9(11)15/h3-4,8,14H,2,5H2,1H3,(H2,11,15)(H,16,17)/t8-/m1/s1. The first-order valence-electron chi connectivity index (χ1n) is 5.01. The number of hydrogen-bond donors (Lipinski definition) is 3. The zero-order valence-corrected chi connectivity index (χ0v) is 9.38. The summed E-state index contributed by atoms with van der Waals surface area (Å²) in [5.74, 6) is -1.14. The van der Waals surface area contributed by atoms with Crippen LogP contribution >= 0.6 is 0 Å². The average molecular weight is 238 g/mol. The van der Waals surface area contributed by atoms with Crippen LogP contribution in [0.2, 0.25) is 0 Å². The van der Waals surface area contributed by atoms with Gasteiger partial charge in [-0.3, -0.25) is 14.9 Å². The zero-order chi connectivity index (χ0) is 12.8. The van der Waals surface area contributed by atoms with E-state index in [-0.39, 0.29) is 13.0 Å². The lowest BCUT2D eigenvalue weighted by molar-refractivity contribution is -0.141. The summed E-state index contributed by atoms with van der Waals surface area (Å²) in [7, 11) is 0. The maximum Gasteiger partial charge on any atom is 0.321 e. The molecule has 1 heterocycles. The molecule has 17 heavy (non-hydrogen) atoms. The molecule has 0 aliphatic carbocycles. The number of rotatable bonds is 6. The van der Waals surface area contributed by atoms with Crippen molar-refractivity contribution >= 4 is 11.9 Å². The molecule has 1 amide bonds. The second-order valence-electron chi connectivity index (χ2n) is 3.58. The van der Waals surface area contributed by atoms with Crippen molar-refractivity contribution in [2.24, 2.45) is 5.73 Å². The van der Waals surface area contributed by atoms with Crippen molar-refractivity contribution < 1.29 is 14.7 Å². The van der Waals surface area contributed by atoms with Crippen LogP contribution in [-0.2, 0) is 16.1 Å². The summed E-state index contributed by atoms with van der Waals surface area (Å²) in [4.78, 5) is 29.4. The van der Waals surface area contributed by atoms with Gasteiger partial charge in [-0.05, 0) is 6.92 Å². The molecule has 0 aromatic carbocycles. The van der Waals surface area contributed by atoms with E-state index in [1.807, 2.05) is 0 Å². The van der Waals surface area contributed by atoms with Crippen LogP contribution in [0.15, 0.2) is 12.4 Å². The third kappa shape index (κ3) is 4.56. The first-order valence-corrected chi connectivity index (χ1v) is 5.01. The third-order valence-electron chi connectivity index (χ3n) is 2.09.